The third-order valence-electron chi connectivity index (χ3n) is 3.78. The van der Waals surface area contributed by atoms with Crippen molar-refractivity contribution in [2.24, 2.45) is 0 Å². The first kappa shape index (κ1) is 17.9. The first-order valence-corrected chi connectivity index (χ1v) is 8.53. The van der Waals surface area contributed by atoms with Crippen molar-refractivity contribution in [1.82, 2.24) is 24.6 Å². The molecule has 0 saturated carbocycles. The van der Waals surface area contributed by atoms with Crippen LogP contribution in [-0.4, -0.2) is 48.9 Å². The van der Waals surface area contributed by atoms with Gasteiger partial charge in [-0.2, -0.15) is 5.26 Å². The summed E-state index contributed by atoms with van der Waals surface area (Å²) in [5.74, 6) is 0.832. The number of amides is 1. The van der Waals surface area contributed by atoms with Crippen LogP contribution >= 0.6 is 11.8 Å². The molecule has 8 heteroatoms. The first-order valence-electron chi connectivity index (χ1n) is 7.55. The van der Waals surface area contributed by atoms with E-state index in [0.29, 0.717) is 11.7 Å². The minimum absolute atomic E-state index is 0.123. The number of pyridine rings is 1. The SMILES string of the molecule is CCn1c(SCC(=O)N(C)C(C)(C)C#N)nnc1-c1ccncc1. The zero-order valence-corrected chi connectivity index (χ0v) is 15.0. The summed E-state index contributed by atoms with van der Waals surface area (Å²) >= 11 is 1.32. The Bertz CT molecular complexity index is 750. The molecule has 0 radical (unpaired) electrons. The number of carbonyl (C=O) groups excluding carboxylic acids is 1. The van der Waals surface area contributed by atoms with E-state index in [1.807, 2.05) is 23.6 Å². The van der Waals surface area contributed by atoms with Crippen molar-refractivity contribution in [2.75, 3.05) is 12.8 Å². The Morgan fingerprint density at radius 2 is 2.04 bits per heavy atom. The normalized spacial score (nSPS) is 11.1. The van der Waals surface area contributed by atoms with Gasteiger partial charge in [-0.1, -0.05) is 11.8 Å². The van der Waals surface area contributed by atoms with Crippen LogP contribution in [0.2, 0.25) is 0 Å². The van der Waals surface area contributed by atoms with E-state index in [-0.39, 0.29) is 11.7 Å². The summed E-state index contributed by atoms with van der Waals surface area (Å²) in [5.41, 5.74) is 0.0957. The van der Waals surface area contributed by atoms with Gasteiger partial charge in [-0.05, 0) is 32.9 Å². The summed E-state index contributed by atoms with van der Waals surface area (Å²) in [5, 5.41) is 18.2. The van der Waals surface area contributed by atoms with E-state index < -0.39 is 5.54 Å². The lowest BCUT2D eigenvalue weighted by Crippen LogP contribution is -2.44. The maximum absolute atomic E-state index is 12.3. The third-order valence-corrected chi connectivity index (χ3v) is 4.73. The van der Waals surface area contributed by atoms with Crippen LogP contribution in [0.5, 0.6) is 0 Å². The van der Waals surface area contributed by atoms with Gasteiger partial charge in [-0.3, -0.25) is 9.78 Å². The van der Waals surface area contributed by atoms with Crippen molar-refractivity contribution in [3.8, 4) is 17.5 Å². The Morgan fingerprint density at radius 1 is 1.38 bits per heavy atom. The fourth-order valence-electron chi connectivity index (χ4n) is 2.00. The Kier molecular flexibility index (Phi) is 5.57. The summed E-state index contributed by atoms with van der Waals surface area (Å²) in [4.78, 5) is 17.7. The standard InChI is InChI=1S/C16H20N6OS/c1-5-22-14(12-6-8-18-9-7-12)19-20-15(22)24-10-13(23)21(4)16(2,3)11-17/h6-9H,5,10H2,1-4H3. The van der Waals surface area contributed by atoms with Crippen molar-refractivity contribution in [1.29, 1.82) is 5.26 Å². The second-order valence-electron chi connectivity index (χ2n) is 5.70. The third kappa shape index (κ3) is 3.74. The van der Waals surface area contributed by atoms with Gasteiger partial charge in [-0.15, -0.1) is 10.2 Å². The van der Waals surface area contributed by atoms with Gasteiger partial charge >= 0.3 is 0 Å². The number of nitriles is 1. The molecule has 2 rings (SSSR count). The number of aromatic nitrogens is 4. The maximum atomic E-state index is 12.3. The number of nitrogens with zero attached hydrogens (tertiary/aromatic N) is 6. The monoisotopic (exact) mass is 344 g/mol. The first-order chi connectivity index (χ1) is 11.4. The molecular weight excluding hydrogens is 324 g/mol. The molecule has 0 atom stereocenters. The van der Waals surface area contributed by atoms with E-state index in [1.165, 1.54) is 16.7 Å². The summed E-state index contributed by atoms with van der Waals surface area (Å²) in [6.45, 7) is 6.13. The lowest BCUT2D eigenvalue weighted by Gasteiger charge is -2.28. The Labute approximate surface area is 145 Å². The zero-order valence-electron chi connectivity index (χ0n) is 14.2. The van der Waals surface area contributed by atoms with Crippen molar-refractivity contribution in [3.05, 3.63) is 24.5 Å². The molecule has 0 aromatic carbocycles. The average Bonchev–Trinajstić information content (AvgIpc) is 3.02. The molecule has 0 spiro atoms. The largest absolute Gasteiger partial charge is 0.327 e. The maximum Gasteiger partial charge on any atom is 0.234 e. The van der Waals surface area contributed by atoms with Gasteiger partial charge in [0.25, 0.3) is 0 Å². The van der Waals surface area contributed by atoms with Gasteiger partial charge in [0, 0.05) is 31.5 Å². The van der Waals surface area contributed by atoms with Gasteiger partial charge in [0.1, 0.15) is 5.54 Å². The van der Waals surface area contributed by atoms with Gasteiger partial charge in [0.15, 0.2) is 11.0 Å². The van der Waals surface area contributed by atoms with Gasteiger partial charge in [0.2, 0.25) is 5.91 Å². The molecule has 0 N–H and O–H groups in total. The quantitative estimate of drug-likeness (QED) is 0.747. The van der Waals surface area contributed by atoms with E-state index in [2.05, 4.69) is 21.3 Å². The fourth-order valence-corrected chi connectivity index (χ4v) is 2.92. The van der Waals surface area contributed by atoms with Crippen LogP contribution in [0, 0.1) is 11.3 Å². The molecule has 1 amide bonds. The number of thioether (sulfide) groups is 1. The van der Waals surface area contributed by atoms with Crippen LogP contribution in [-0.2, 0) is 11.3 Å². The van der Waals surface area contributed by atoms with Crippen LogP contribution in [0.3, 0.4) is 0 Å². The van der Waals surface area contributed by atoms with Crippen molar-refractivity contribution in [3.63, 3.8) is 0 Å². The van der Waals surface area contributed by atoms with Gasteiger partial charge < -0.3 is 9.47 Å². The highest BCUT2D eigenvalue weighted by Gasteiger charge is 2.27. The molecule has 0 aliphatic rings. The van der Waals surface area contributed by atoms with Crippen molar-refractivity contribution >= 4 is 17.7 Å². The zero-order chi connectivity index (χ0) is 17.7. The summed E-state index contributed by atoms with van der Waals surface area (Å²) in [6.07, 6.45) is 3.42. The summed E-state index contributed by atoms with van der Waals surface area (Å²) in [7, 11) is 1.64. The van der Waals surface area contributed by atoms with E-state index in [9.17, 15) is 4.79 Å². The molecule has 2 heterocycles. The minimum atomic E-state index is -0.835. The molecule has 0 aliphatic heterocycles. The highest BCUT2D eigenvalue weighted by atomic mass is 32.2. The molecule has 0 bridgehead atoms. The summed E-state index contributed by atoms with van der Waals surface area (Å²) < 4.78 is 1.96. The van der Waals surface area contributed by atoms with Crippen LogP contribution in [0.15, 0.2) is 29.7 Å². The molecule has 0 aliphatic carbocycles. The molecule has 0 fully saturated rings. The van der Waals surface area contributed by atoms with Crippen molar-refractivity contribution < 1.29 is 4.79 Å². The van der Waals surface area contributed by atoms with Gasteiger partial charge in [-0.25, -0.2) is 0 Å². The Balaban J connectivity index is 2.13. The Morgan fingerprint density at radius 3 is 2.62 bits per heavy atom. The highest BCUT2D eigenvalue weighted by molar-refractivity contribution is 7.99. The number of hydrogen-bond acceptors (Lipinski definition) is 6. The molecule has 2 aromatic rings. The lowest BCUT2D eigenvalue weighted by atomic mass is 10.1. The minimum Gasteiger partial charge on any atom is -0.327 e. The summed E-state index contributed by atoms with van der Waals surface area (Å²) in [6, 6.07) is 5.87. The van der Waals surface area contributed by atoms with Crippen molar-refractivity contribution in [2.45, 2.75) is 38.0 Å². The number of carbonyl (C=O) groups is 1. The fraction of sp³-hybridized carbons (Fsp3) is 0.438. The molecule has 0 unspecified atom stereocenters. The predicted octanol–water partition coefficient (Wildman–Crippen LogP) is 2.21. The molecule has 0 saturated heterocycles. The molecule has 126 valence electrons. The Hall–Kier alpha value is -2.40. The van der Waals surface area contributed by atoms with Gasteiger partial charge in [0.05, 0.1) is 11.8 Å². The highest BCUT2D eigenvalue weighted by Crippen LogP contribution is 2.24. The smallest absolute Gasteiger partial charge is 0.234 e. The van der Waals surface area contributed by atoms with Crippen LogP contribution in [0.1, 0.15) is 20.8 Å². The molecule has 2 aromatic heterocycles. The number of rotatable bonds is 6. The van der Waals surface area contributed by atoms with E-state index in [1.54, 1.807) is 33.3 Å². The topological polar surface area (TPSA) is 87.7 Å². The van der Waals surface area contributed by atoms with E-state index >= 15 is 0 Å². The number of hydrogen-bond donors (Lipinski definition) is 0. The second kappa shape index (κ2) is 7.45. The predicted molar refractivity (Wildman–Crippen MR) is 92.1 cm³/mol. The second-order valence-corrected chi connectivity index (χ2v) is 6.64. The van der Waals surface area contributed by atoms with Crippen LogP contribution in [0.25, 0.3) is 11.4 Å². The van der Waals surface area contributed by atoms with Crippen LogP contribution < -0.4 is 0 Å². The van der Waals surface area contributed by atoms with E-state index in [0.717, 1.165) is 11.4 Å². The van der Waals surface area contributed by atoms with Crippen LogP contribution in [0.4, 0.5) is 0 Å². The lowest BCUT2D eigenvalue weighted by molar-refractivity contribution is -0.130. The van der Waals surface area contributed by atoms with E-state index in [4.69, 9.17) is 5.26 Å². The molecular formula is C16H20N6OS. The molecule has 24 heavy (non-hydrogen) atoms. The average molecular weight is 344 g/mol. The molecule has 7 nitrogen and oxygen atoms in total.